The zero-order valence-corrected chi connectivity index (χ0v) is 22.1. The minimum atomic E-state index is 0.613. The number of pyridine rings is 1. The molecule has 0 N–H and O–H groups in total. The number of aromatic nitrogens is 2. The van der Waals surface area contributed by atoms with Crippen molar-refractivity contribution in [2.24, 2.45) is 7.05 Å². The molecule has 8 rings (SSSR count). The zero-order chi connectivity index (χ0) is 27.0. The Bertz CT molecular complexity index is 2350. The van der Waals surface area contributed by atoms with Crippen molar-refractivity contribution in [2.75, 3.05) is 0 Å². The van der Waals surface area contributed by atoms with Gasteiger partial charge in [-0.25, -0.2) is 9.41 Å². The summed E-state index contributed by atoms with van der Waals surface area (Å²) in [7, 11) is 2.11. The number of furan rings is 1. The van der Waals surface area contributed by atoms with E-state index in [9.17, 15) is 0 Å². The normalized spacial score (nSPS) is 11.7. The van der Waals surface area contributed by atoms with E-state index >= 15 is 0 Å². The van der Waals surface area contributed by atoms with Gasteiger partial charge in [-0.3, -0.25) is 0 Å². The van der Waals surface area contributed by atoms with E-state index in [1.807, 2.05) is 18.2 Å². The highest BCUT2D eigenvalue weighted by Gasteiger charge is 2.24. The predicted molar refractivity (Wildman–Crippen MR) is 163 cm³/mol. The van der Waals surface area contributed by atoms with E-state index in [0.29, 0.717) is 5.69 Å². The van der Waals surface area contributed by atoms with E-state index in [0.717, 1.165) is 60.7 Å². The molecule has 0 radical (unpaired) electrons. The first-order chi connectivity index (χ1) is 19.6. The predicted octanol–water partition coefficient (Wildman–Crippen LogP) is 9.19. The molecule has 0 saturated heterocycles. The van der Waals surface area contributed by atoms with E-state index in [1.54, 1.807) is 0 Å². The number of para-hydroxylation sites is 2. The molecule has 40 heavy (non-hydrogen) atoms. The number of rotatable bonds is 2. The molecule has 0 spiro atoms. The standard InChI is InChI=1S/C36H24N3O/c1-22-13-17-28-27-18-15-23-14-16-24(37-2)19-29(23)35(27)40-36(28)34(22)33-20-32-30(21-38(33)3)26-11-7-8-12-31(26)39(32)25-9-5-4-6-10-25/h4-21H,1,3H3/q+1. The van der Waals surface area contributed by atoms with Crippen molar-refractivity contribution in [2.45, 2.75) is 6.92 Å². The van der Waals surface area contributed by atoms with Crippen LogP contribution in [0.15, 0.2) is 114 Å². The van der Waals surface area contributed by atoms with Crippen LogP contribution in [0.2, 0.25) is 0 Å². The van der Waals surface area contributed by atoms with E-state index in [4.69, 9.17) is 11.0 Å². The third-order valence-corrected chi connectivity index (χ3v) is 8.14. The molecule has 0 amide bonds. The molecule has 0 aliphatic heterocycles. The topological polar surface area (TPSA) is 26.3 Å². The number of fused-ring (bicyclic) bond motifs is 8. The summed E-state index contributed by atoms with van der Waals surface area (Å²) in [6, 6.07) is 35.8. The van der Waals surface area contributed by atoms with E-state index in [2.05, 4.69) is 119 Å². The number of hydrogen-bond donors (Lipinski definition) is 0. The molecule has 0 atom stereocenters. The van der Waals surface area contributed by atoms with E-state index in [-0.39, 0.29) is 0 Å². The molecule has 5 aromatic carbocycles. The number of aryl methyl sites for hydroxylation is 2. The van der Waals surface area contributed by atoms with E-state index in [1.165, 1.54) is 16.3 Å². The Hall–Kier alpha value is -5.40. The van der Waals surface area contributed by atoms with Crippen LogP contribution in [-0.4, -0.2) is 4.57 Å². The summed E-state index contributed by atoms with van der Waals surface area (Å²) < 4.78 is 11.3. The van der Waals surface area contributed by atoms with Gasteiger partial charge in [0.15, 0.2) is 11.9 Å². The van der Waals surface area contributed by atoms with Crippen molar-refractivity contribution in [1.82, 2.24) is 4.57 Å². The second kappa shape index (κ2) is 8.30. The summed E-state index contributed by atoms with van der Waals surface area (Å²) in [5.74, 6) is 0. The molecular formula is C36H24N3O+. The molecule has 3 heterocycles. The van der Waals surface area contributed by atoms with E-state index < -0.39 is 0 Å². The summed E-state index contributed by atoms with van der Waals surface area (Å²) in [4.78, 5) is 3.66. The first-order valence-electron chi connectivity index (χ1n) is 13.4. The van der Waals surface area contributed by atoms with Gasteiger partial charge < -0.3 is 8.98 Å². The lowest BCUT2D eigenvalue weighted by Gasteiger charge is -2.09. The maximum Gasteiger partial charge on any atom is 0.218 e. The molecule has 188 valence electrons. The van der Waals surface area contributed by atoms with Crippen LogP contribution in [0, 0.1) is 13.5 Å². The minimum absolute atomic E-state index is 0.613. The molecule has 0 bridgehead atoms. The molecule has 0 unspecified atom stereocenters. The Morgan fingerprint density at radius 3 is 2.30 bits per heavy atom. The average Bonchev–Trinajstić information content (AvgIpc) is 3.52. The van der Waals surface area contributed by atoms with Crippen LogP contribution in [0.5, 0.6) is 0 Å². The summed E-state index contributed by atoms with van der Waals surface area (Å²) in [6.07, 6.45) is 2.24. The van der Waals surface area contributed by atoms with Gasteiger partial charge >= 0.3 is 0 Å². The van der Waals surface area contributed by atoms with Gasteiger partial charge in [0.05, 0.1) is 28.6 Å². The summed E-state index contributed by atoms with van der Waals surface area (Å²) in [6.45, 7) is 9.65. The maximum atomic E-state index is 7.51. The molecule has 0 saturated carbocycles. The first kappa shape index (κ1) is 22.6. The Balaban J connectivity index is 1.48. The van der Waals surface area contributed by atoms with Gasteiger partial charge in [0.1, 0.15) is 18.2 Å². The molecule has 0 aliphatic rings. The van der Waals surface area contributed by atoms with Crippen LogP contribution in [0.3, 0.4) is 0 Å². The fraction of sp³-hybridized carbons (Fsp3) is 0.0556. The Labute approximate surface area is 230 Å². The van der Waals surface area contributed by atoms with Crippen molar-refractivity contribution >= 4 is 60.2 Å². The SMILES string of the molecule is [C-]#[N+]c1ccc2ccc3c4ccc(C)c(-c5cc6c(c[n+]5C)c5ccccc5n6-c5ccccc5)c4oc3c2c1. The monoisotopic (exact) mass is 514 g/mol. The number of nitrogens with zero attached hydrogens (tertiary/aromatic N) is 3. The van der Waals surface area contributed by atoms with Crippen LogP contribution < -0.4 is 4.57 Å². The highest BCUT2D eigenvalue weighted by atomic mass is 16.3. The number of hydrogen-bond acceptors (Lipinski definition) is 1. The van der Waals surface area contributed by atoms with Crippen LogP contribution >= 0.6 is 0 Å². The summed E-state index contributed by atoms with van der Waals surface area (Å²) in [5.41, 5.74) is 9.09. The van der Waals surface area contributed by atoms with Crippen LogP contribution in [0.25, 0.3) is 76.3 Å². The minimum Gasteiger partial charge on any atom is -0.455 e. The third-order valence-electron chi connectivity index (χ3n) is 8.14. The molecule has 4 heteroatoms. The van der Waals surface area contributed by atoms with Crippen LogP contribution in [0.1, 0.15) is 5.56 Å². The van der Waals surface area contributed by atoms with Gasteiger partial charge in [-0.2, -0.15) is 0 Å². The molecule has 0 fully saturated rings. The van der Waals surface area contributed by atoms with Crippen LogP contribution in [-0.2, 0) is 7.05 Å². The molecule has 8 aromatic rings. The maximum absolute atomic E-state index is 7.51. The average molecular weight is 515 g/mol. The molecule has 0 aliphatic carbocycles. The second-order valence-electron chi connectivity index (χ2n) is 10.5. The molecular weight excluding hydrogens is 490 g/mol. The Morgan fingerprint density at radius 1 is 0.700 bits per heavy atom. The highest BCUT2D eigenvalue weighted by Crippen LogP contribution is 2.41. The quantitative estimate of drug-likeness (QED) is 0.167. The number of benzene rings is 5. The van der Waals surface area contributed by atoms with Crippen molar-refractivity contribution < 1.29 is 8.98 Å². The van der Waals surface area contributed by atoms with Crippen molar-refractivity contribution in [3.8, 4) is 16.9 Å². The largest absolute Gasteiger partial charge is 0.455 e. The molecule has 3 aromatic heterocycles. The fourth-order valence-electron chi connectivity index (χ4n) is 6.25. The van der Waals surface area contributed by atoms with Gasteiger partial charge in [0, 0.05) is 33.3 Å². The third kappa shape index (κ3) is 3.09. The lowest BCUT2D eigenvalue weighted by atomic mass is 9.99. The summed E-state index contributed by atoms with van der Waals surface area (Å²) >= 11 is 0. The van der Waals surface area contributed by atoms with Crippen molar-refractivity contribution in [1.29, 1.82) is 0 Å². The first-order valence-corrected chi connectivity index (χ1v) is 13.4. The second-order valence-corrected chi connectivity index (χ2v) is 10.5. The van der Waals surface area contributed by atoms with Crippen molar-refractivity contribution in [3.05, 3.63) is 126 Å². The Morgan fingerprint density at radius 2 is 1.45 bits per heavy atom. The van der Waals surface area contributed by atoms with Crippen LogP contribution in [0.4, 0.5) is 5.69 Å². The van der Waals surface area contributed by atoms with Gasteiger partial charge in [-0.15, -0.1) is 0 Å². The van der Waals surface area contributed by atoms with Gasteiger partial charge in [0.2, 0.25) is 5.69 Å². The van der Waals surface area contributed by atoms with Gasteiger partial charge in [-0.05, 0) is 48.2 Å². The zero-order valence-electron chi connectivity index (χ0n) is 22.1. The fourth-order valence-corrected chi connectivity index (χ4v) is 6.25. The summed E-state index contributed by atoms with van der Waals surface area (Å²) in [5, 5.41) is 6.61. The van der Waals surface area contributed by atoms with Gasteiger partial charge in [-0.1, -0.05) is 66.7 Å². The van der Waals surface area contributed by atoms with Crippen molar-refractivity contribution in [3.63, 3.8) is 0 Å². The Kier molecular flexibility index (Phi) is 4.68. The highest BCUT2D eigenvalue weighted by molar-refractivity contribution is 6.18. The lowest BCUT2D eigenvalue weighted by Crippen LogP contribution is -2.30. The molecule has 4 nitrogen and oxygen atoms in total. The van der Waals surface area contributed by atoms with Gasteiger partial charge in [0.25, 0.3) is 0 Å². The smallest absolute Gasteiger partial charge is 0.218 e. The lowest BCUT2D eigenvalue weighted by molar-refractivity contribution is -0.659.